The Kier molecular flexibility index (Phi) is 5.77. The fraction of sp³-hybridized carbons (Fsp3) is 0.444. The van der Waals surface area contributed by atoms with Crippen molar-refractivity contribution in [2.24, 2.45) is 0 Å². The van der Waals surface area contributed by atoms with Gasteiger partial charge in [0.15, 0.2) is 23.1 Å². The van der Waals surface area contributed by atoms with Crippen LogP contribution in [0.1, 0.15) is 31.7 Å². The summed E-state index contributed by atoms with van der Waals surface area (Å²) in [6.45, 7) is 3.85. The number of nitrogen functional groups attached to an aromatic ring is 1. The smallest absolute Gasteiger partial charge is 0.231 e. The molecule has 0 radical (unpaired) electrons. The lowest BCUT2D eigenvalue weighted by atomic mass is 10.1. The van der Waals surface area contributed by atoms with Gasteiger partial charge in [-0.05, 0) is 37.0 Å². The molecule has 0 unspecified atom stereocenters. The van der Waals surface area contributed by atoms with E-state index in [4.69, 9.17) is 19.9 Å². The molecule has 2 aromatic rings. The molecule has 1 aromatic heterocycles. The summed E-state index contributed by atoms with van der Waals surface area (Å²) >= 11 is 0. The van der Waals surface area contributed by atoms with E-state index >= 15 is 0 Å². The van der Waals surface area contributed by atoms with Crippen molar-refractivity contribution in [3.63, 3.8) is 0 Å². The Balaban J connectivity index is 1.50. The van der Waals surface area contributed by atoms with Crippen LogP contribution in [0.25, 0.3) is 0 Å². The van der Waals surface area contributed by atoms with Crippen LogP contribution in [-0.4, -0.2) is 29.9 Å². The standard InChI is InChI=1S/C18H24N4O3/c1-2-3-8-20-17-16(11-21-18(19)22-17)23-9-4-5-13-6-7-14-15(10-13)25-12-24-14/h6-7,10-11H,2-5,8-9,12H2,1H3,(H3,19,20,21,22). The Morgan fingerprint density at radius 1 is 1.24 bits per heavy atom. The molecule has 0 saturated carbocycles. The SMILES string of the molecule is CCCCNc1nc(N)ncc1OCCCc1ccc2c(c1)OCO2. The molecule has 7 nitrogen and oxygen atoms in total. The number of anilines is 2. The predicted octanol–water partition coefficient (Wildman–Crippen LogP) is 3.01. The van der Waals surface area contributed by atoms with E-state index in [0.717, 1.165) is 43.7 Å². The molecule has 0 atom stereocenters. The number of aryl methyl sites for hydroxylation is 1. The summed E-state index contributed by atoms with van der Waals surface area (Å²) in [6.07, 6.45) is 5.56. The highest BCUT2D eigenvalue weighted by Gasteiger charge is 2.13. The molecule has 0 spiro atoms. The quantitative estimate of drug-likeness (QED) is 0.676. The summed E-state index contributed by atoms with van der Waals surface area (Å²) in [5, 5.41) is 3.26. The van der Waals surface area contributed by atoms with Crippen LogP contribution < -0.4 is 25.3 Å². The maximum atomic E-state index is 5.84. The zero-order valence-electron chi connectivity index (χ0n) is 14.5. The van der Waals surface area contributed by atoms with E-state index in [1.54, 1.807) is 6.20 Å². The first-order chi connectivity index (χ1) is 12.3. The fourth-order valence-electron chi connectivity index (χ4n) is 2.56. The minimum atomic E-state index is 0.242. The van der Waals surface area contributed by atoms with E-state index in [-0.39, 0.29) is 5.95 Å². The second-order valence-corrected chi connectivity index (χ2v) is 5.86. The Morgan fingerprint density at radius 2 is 2.12 bits per heavy atom. The number of nitrogens with one attached hydrogen (secondary N) is 1. The highest BCUT2D eigenvalue weighted by atomic mass is 16.7. The second-order valence-electron chi connectivity index (χ2n) is 5.86. The number of aromatic nitrogens is 2. The molecule has 0 fully saturated rings. The van der Waals surface area contributed by atoms with E-state index in [1.807, 2.05) is 12.1 Å². The molecule has 3 rings (SSSR count). The summed E-state index contributed by atoms with van der Waals surface area (Å²) in [5.41, 5.74) is 6.86. The van der Waals surface area contributed by atoms with Crippen LogP contribution in [0.15, 0.2) is 24.4 Å². The molecule has 0 amide bonds. The first kappa shape index (κ1) is 17.1. The summed E-state index contributed by atoms with van der Waals surface area (Å²) in [6, 6.07) is 6.02. The van der Waals surface area contributed by atoms with E-state index in [1.165, 1.54) is 5.56 Å². The van der Waals surface area contributed by atoms with Gasteiger partial charge in [-0.1, -0.05) is 19.4 Å². The van der Waals surface area contributed by atoms with Gasteiger partial charge in [-0.3, -0.25) is 0 Å². The lowest BCUT2D eigenvalue weighted by Crippen LogP contribution is -2.09. The summed E-state index contributed by atoms with van der Waals surface area (Å²) in [4.78, 5) is 8.24. The Labute approximate surface area is 147 Å². The largest absolute Gasteiger partial charge is 0.488 e. The molecule has 134 valence electrons. The van der Waals surface area contributed by atoms with Crippen molar-refractivity contribution in [1.82, 2.24) is 9.97 Å². The van der Waals surface area contributed by atoms with Crippen LogP contribution in [0.4, 0.5) is 11.8 Å². The highest BCUT2D eigenvalue weighted by Crippen LogP contribution is 2.32. The van der Waals surface area contributed by atoms with Gasteiger partial charge in [0.05, 0.1) is 12.8 Å². The van der Waals surface area contributed by atoms with Gasteiger partial charge in [-0.2, -0.15) is 4.98 Å². The third kappa shape index (κ3) is 4.65. The monoisotopic (exact) mass is 344 g/mol. The highest BCUT2D eigenvalue weighted by molar-refractivity contribution is 5.51. The molecule has 0 bridgehead atoms. The maximum absolute atomic E-state index is 5.84. The number of unbranched alkanes of at least 4 members (excludes halogenated alkanes) is 1. The zero-order chi connectivity index (χ0) is 17.5. The third-order valence-electron chi connectivity index (χ3n) is 3.90. The number of hydrogen-bond acceptors (Lipinski definition) is 7. The summed E-state index contributed by atoms with van der Waals surface area (Å²) in [5.74, 6) is 3.15. The van der Waals surface area contributed by atoms with E-state index in [2.05, 4.69) is 28.3 Å². The first-order valence-electron chi connectivity index (χ1n) is 8.64. The molecule has 7 heteroatoms. The number of nitrogens with two attached hydrogens (primary N) is 1. The minimum Gasteiger partial charge on any atom is -0.488 e. The minimum absolute atomic E-state index is 0.242. The zero-order valence-corrected chi connectivity index (χ0v) is 14.5. The van der Waals surface area contributed by atoms with Crippen LogP contribution in [0.2, 0.25) is 0 Å². The van der Waals surface area contributed by atoms with Gasteiger partial charge in [0.25, 0.3) is 0 Å². The van der Waals surface area contributed by atoms with Gasteiger partial charge in [-0.15, -0.1) is 0 Å². The van der Waals surface area contributed by atoms with Crippen LogP contribution >= 0.6 is 0 Å². The Morgan fingerprint density at radius 3 is 3.00 bits per heavy atom. The topological polar surface area (TPSA) is 91.5 Å². The molecule has 1 aliphatic rings. The van der Waals surface area contributed by atoms with E-state index in [9.17, 15) is 0 Å². The van der Waals surface area contributed by atoms with E-state index in [0.29, 0.717) is 25.0 Å². The van der Waals surface area contributed by atoms with Gasteiger partial charge in [0.2, 0.25) is 12.7 Å². The van der Waals surface area contributed by atoms with Crippen molar-refractivity contribution in [2.75, 3.05) is 31.0 Å². The molecular weight excluding hydrogens is 320 g/mol. The van der Waals surface area contributed by atoms with Crippen LogP contribution in [0.5, 0.6) is 17.2 Å². The van der Waals surface area contributed by atoms with Gasteiger partial charge in [0.1, 0.15) is 0 Å². The average molecular weight is 344 g/mol. The lowest BCUT2D eigenvalue weighted by molar-refractivity contribution is 0.174. The molecule has 0 aliphatic carbocycles. The Hall–Kier alpha value is -2.70. The van der Waals surface area contributed by atoms with Crippen LogP contribution in [0.3, 0.4) is 0 Å². The summed E-state index contributed by atoms with van der Waals surface area (Å²) < 4.78 is 16.6. The number of benzene rings is 1. The van der Waals surface area contributed by atoms with Gasteiger partial charge >= 0.3 is 0 Å². The Bertz CT molecular complexity index is 709. The maximum Gasteiger partial charge on any atom is 0.231 e. The molecule has 3 N–H and O–H groups in total. The van der Waals surface area contributed by atoms with Gasteiger partial charge in [-0.25, -0.2) is 4.98 Å². The third-order valence-corrected chi connectivity index (χ3v) is 3.90. The molecular formula is C18H24N4O3. The number of ether oxygens (including phenoxy) is 3. The van der Waals surface area contributed by atoms with Crippen molar-refractivity contribution >= 4 is 11.8 Å². The number of hydrogen-bond donors (Lipinski definition) is 2. The average Bonchev–Trinajstić information content (AvgIpc) is 3.08. The molecule has 0 saturated heterocycles. The van der Waals surface area contributed by atoms with Gasteiger partial charge < -0.3 is 25.3 Å². The molecule has 25 heavy (non-hydrogen) atoms. The second kappa shape index (κ2) is 8.41. The molecule has 1 aliphatic heterocycles. The predicted molar refractivity (Wildman–Crippen MR) is 96.2 cm³/mol. The van der Waals surface area contributed by atoms with Crippen molar-refractivity contribution in [1.29, 1.82) is 0 Å². The number of nitrogens with zero attached hydrogens (tertiary/aromatic N) is 2. The number of fused-ring (bicyclic) bond motifs is 1. The molecule has 2 heterocycles. The van der Waals surface area contributed by atoms with Crippen molar-refractivity contribution in [2.45, 2.75) is 32.6 Å². The van der Waals surface area contributed by atoms with Crippen LogP contribution in [0, 0.1) is 0 Å². The van der Waals surface area contributed by atoms with Crippen molar-refractivity contribution in [3.8, 4) is 17.2 Å². The first-order valence-corrected chi connectivity index (χ1v) is 8.64. The molecule has 1 aromatic carbocycles. The van der Waals surface area contributed by atoms with Crippen LogP contribution in [-0.2, 0) is 6.42 Å². The van der Waals surface area contributed by atoms with E-state index < -0.39 is 0 Å². The lowest BCUT2D eigenvalue weighted by Gasteiger charge is -2.12. The summed E-state index contributed by atoms with van der Waals surface area (Å²) in [7, 11) is 0. The van der Waals surface area contributed by atoms with Crippen molar-refractivity contribution in [3.05, 3.63) is 30.0 Å². The normalized spacial score (nSPS) is 12.2. The fourth-order valence-corrected chi connectivity index (χ4v) is 2.56. The van der Waals surface area contributed by atoms with Crippen molar-refractivity contribution < 1.29 is 14.2 Å². The van der Waals surface area contributed by atoms with Gasteiger partial charge in [0, 0.05) is 6.54 Å². The number of rotatable bonds is 9.